The van der Waals surface area contributed by atoms with Crippen LogP contribution < -0.4 is 0 Å². The molecule has 0 aromatic heterocycles. The second-order valence-electron chi connectivity index (χ2n) is 10.2. The van der Waals surface area contributed by atoms with Crippen molar-refractivity contribution in [2.45, 2.75) is 110 Å². The summed E-state index contributed by atoms with van der Waals surface area (Å²) in [6.07, 6.45) is 4.55. The van der Waals surface area contributed by atoms with Crippen molar-refractivity contribution in [1.82, 2.24) is 0 Å². The summed E-state index contributed by atoms with van der Waals surface area (Å²) in [7, 11) is -0.592. The van der Waals surface area contributed by atoms with Crippen molar-refractivity contribution in [2.75, 3.05) is 7.11 Å². The van der Waals surface area contributed by atoms with Gasteiger partial charge in [-0.25, -0.2) is 0 Å². The summed E-state index contributed by atoms with van der Waals surface area (Å²) in [5, 5.41) is -0.0479. The molecule has 0 aromatic rings. The Morgan fingerprint density at radius 1 is 1.10 bits per heavy atom. The number of hydrogen-bond donors (Lipinski definition) is 0. The van der Waals surface area contributed by atoms with E-state index in [0.29, 0.717) is 11.5 Å². The van der Waals surface area contributed by atoms with Gasteiger partial charge < -0.3 is 18.6 Å². The first kappa shape index (κ1) is 24.2. The van der Waals surface area contributed by atoms with Gasteiger partial charge in [-0.05, 0) is 70.7 Å². The molecule has 0 radical (unpaired) electrons. The minimum atomic E-state index is -2.30. The monoisotopic (exact) mass is 424 g/mol. The first-order valence-corrected chi connectivity index (χ1v) is 13.7. The van der Waals surface area contributed by atoms with Crippen molar-refractivity contribution < 1.29 is 23.4 Å². The van der Waals surface area contributed by atoms with Crippen LogP contribution in [0.5, 0.6) is 0 Å². The number of ether oxygens (including phenoxy) is 3. The SMILES string of the molecule is CO[C@@H]1C=C([C@@]2(O[Si](C)(C)C(C)(C)C)C(=O)C(OC(C)C)=C2OC(C)C)CCC1. The molecule has 29 heavy (non-hydrogen) atoms. The third-order valence-electron chi connectivity index (χ3n) is 6.05. The van der Waals surface area contributed by atoms with Crippen LogP contribution in [0.1, 0.15) is 67.7 Å². The van der Waals surface area contributed by atoms with Gasteiger partial charge in [-0.1, -0.05) is 26.8 Å². The van der Waals surface area contributed by atoms with Crippen molar-refractivity contribution in [3.8, 4) is 0 Å². The highest BCUT2D eigenvalue weighted by Crippen LogP contribution is 2.52. The third kappa shape index (κ3) is 4.64. The summed E-state index contributed by atoms with van der Waals surface area (Å²) in [5.41, 5.74) is -0.230. The van der Waals surface area contributed by atoms with E-state index in [1.807, 2.05) is 27.7 Å². The zero-order valence-corrected chi connectivity index (χ0v) is 21.0. The number of carbonyl (C=O) groups is 1. The Morgan fingerprint density at radius 3 is 2.17 bits per heavy atom. The summed E-state index contributed by atoms with van der Waals surface area (Å²) in [6.45, 7) is 18.7. The molecule has 166 valence electrons. The van der Waals surface area contributed by atoms with E-state index in [1.54, 1.807) is 7.11 Å². The van der Waals surface area contributed by atoms with E-state index < -0.39 is 13.9 Å². The van der Waals surface area contributed by atoms with E-state index in [9.17, 15) is 4.79 Å². The molecule has 0 heterocycles. The number of Topliss-reactive ketones (excluding diaryl/α,β-unsaturated/α-hetero) is 1. The maximum atomic E-state index is 13.7. The van der Waals surface area contributed by atoms with E-state index in [0.717, 1.165) is 24.8 Å². The van der Waals surface area contributed by atoms with Gasteiger partial charge in [0, 0.05) is 7.11 Å². The second-order valence-corrected chi connectivity index (χ2v) is 14.9. The van der Waals surface area contributed by atoms with Gasteiger partial charge in [0.2, 0.25) is 17.1 Å². The molecule has 0 aliphatic heterocycles. The largest absolute Gasteiger partial charge is 0.487 e. The molecule has 0 saturated carbocycles. The predicted molar refractivity (Wildman–Crippen MR) is 118 cm³/mol. The normalized spacial score (nSPS) is 26.0. The first-order chi connectivity index (χ1) is 13.3. The van der Waals surface area contributed by atoms with Crippen LogP contribution in [0.3, 0.4) is 0 Å². The number of methoxy groups -OCH3 is 1. The average Bonchev–Trinajstić information content (AvgIpc) is 2.61. The van der Waals surface area contributed by atoms with E-state index in [4.69, 9.17) is 18.6 Å². The number of ketones is 1. The average molecular weight is 425 g/mol. The summed E-state index contributed by atoms with van der Waals surface area (Å²) >= 11 is 0. The van der Waals surface area contributed by atoms with Gasteiger partial charge in [0.1, 0.15) is 0 Å². The molecule has 0 N–H and O–H groups in total. The smallest absolute Gasteiger partial charge is 0.244 e. The highest BCUT2D eigenvalue weighted by molar-refractivity contribution is 6.74. The molecular weight excluding hydrogens is 384 g/mol. The fraction of sp³-hybridized carbons (Fsp3) is 0.783. The fourth-order valence-electron chi connectivity index (χ4n) is 3.53. The van der Waals surface area contributed by atoms with Gasteiger partial charge in [-0.3, -0.25) is 4.79 Å². The van der Waals surface area contributed by atoms with Gasteiger partial charge in [0.05, 0.1) is 18.3 Å². The van der Waals surface area contributed by atoms with Crippen molar-refractivity contribution in [1.29, 1.82) is 0 Å². The maximum Gasteiger partial charge on any atom is 0.244 e. The summed E-state index contributed by atoms with van der Waals surface area (Å²) in [4.78, 5) is 13.7. The molecule has 5 nitrogen and oxygen atoms in total. The molecule has 2 aliphatic carbocycles. The summed E-state index contributed by atoms with van der Waals surface area (Å²) in [5.74, 6) is 0.738. The maximum absolute atomic E-state index is 13.7. The Morgan fingerprint density at radius 2 is 1.69 bits per heavy atom. The minimum Gasteiger partial charge on any atom is -0.487 e. The quantitative estimate of drug-likeness (QED) is 0.379. The predicted octanol–water partition coefficient (Wildman–Crippen LogP) is 5.52. The van der Waals surface area contributed by atoms with Crippen LogP contribution in [-0.4, -0.2) is 45.1 Å². The molecule has 2 atom stereocenters. The lowest BCUT2D eigenvalue weighted by Gasteiger charge is -2.51. The number of hydrogen-bond acceptors (Lipinski definition) is 5. The number of rotatable bonds is 8. The number of carbonyl (C=O) groups excluding carboxylic acids is 1. The van der Waals surface area contributed by atoms with Crippen LogP contribution in [0, 0.1) is 0 Å². The molecular formula is C23H40O5Si. The molecule has 0 bridgehead atoms. The van der Waals surface area contributed by atoms with Gasteiger partial charge in [0.25, 0.3) is 0 Å². The molecule has 0 spiro atoms. The highest BCUT2D eigenvalue weighted by atomic mass is 28.4. The zero-order valence-electron chi connectivity index (χ0n) is 20.0. The van der Waals surface area contributed by atoms with Gasteiger partial charge in [-0.2, -0.15) is 0 Å². The zero-order chi connectivity index (χ0) is 22.2. The Hall–Kier alpha value is -1.11. The van der Waals surface area contributed by atoms with Crippen molar-refractivity contribution in [2.24, 2.45) is 0 Å². The third-order valence-corrected chi connectivity index (χ3v) is 10.5. The summed E-state index contributed by atoms with van der Waals surface area (Å²) in [6, 6.07) is 0. The molecule has 2 aliphatic rings. The van der Waals surface area contributed by atoms with E-state index >= 15 is 0 Å². The van der Waals surface area contributed by atoms with Crippen LogP contribution in [0.25, 0.3) is 0 Å². The van der Waals surface area contributed by atoms with Gasteiger partial charge in [-0.15, -0.1) is 0 Å². The Labute approximate surface area is 177 Å². The van der Waals surface area contributed by atoms with Crippen LogP contribution >= 0.6 is 0 Å². The molecule has 0 aromatic carbocycles. The standard InChI is InChI=1S/C23H40O5Si/c1-15(2)26-19-20(24)23(21(19)27-16(3)4,28-29(9,10)22(5,6)7)17-12-11-13-18(14-17)25-8/h14-16,18H,11-13H2,1-10H3/t18-,23+/m0/s1. The minimum absolute atomic E-state index is 0.0122. The molecule has 0 saturated heterocycles. The Bertz CT molecular complexity index is 684. The van der Waals surface area contributed by atoms with Crippen molar-refractivity contribution in [3.05, 3.63) is 23.2 Å². The van der Waals surface area contributed by atoms with Crippen LogP contribution in [0.2, 0.25) is 18.1 Å². The van der Waals surface area contributed by atoms with Crippen LogP contribution in [-0.2, 0) is 23.4 Å². The second kappa shape index (κ2) is 8.56. The van der Waals surface area contributed by atoms with Gasteiger partial charge >= 0.3 is 0 Å². The molecule has 2 rings (SSSR count). The van der Waals surface area contributed by atoms with Gasteiger partial charge in [0.15, 0.2) is 14.1 Å². The summed E-state index contributed by atoms with van der Waals surface area (Å²) < 4.78 is 24.6. The van der Waals surface area contributed by atoms with E-state index in [2.05, 4.69) is 39.9 Å². The lowest BCUT2D eigenvalue weighted by molar-refractivity contribution is -0.144. The van der Waals surface area contributed by atoms with Crippen LogP contribution in [0.15, 0.2) is 23.2 Å². The Balaban J connectivity index is 2.65. The topological polar surface area (TPSA) is 54.0 Å². The molecule has 6 heteroatoms. The van der Waals surface area contributed by atoms with E-state index in [1.165, 1.54) is 0 Å². The Kier molecular flexibility index (Phi) is 7.13. The van der Waals surface area contributed by atoms with Crippen molar-refractivity contribution >= 4 is 14.1 Å². The first-order valence-electron chi connectivity index (χ1n) is 10.8. The van der Waals surface area contributed by atoms with E-state index in [-0.39, 0.29) is 29.1 Å². The lowest BCUT2D eigenvalue weighted by Crippen LogP contribution is -2.62. The molecule has 0 fully saturated rings. The fourth-order valence-corrected chi connectivity index (χ4v) is 4.92. The molecule has 0 unspecified atom stereocenters. The van der Waals surface area contributed by atoms with Crippen LogP contribution in [0.4, 0.5) is 0 Å². The van der Waals surface area contributed by atoms with Crippen molar-refractivity contribution in [3.63, 3.8) is 0 Å². The molecule has 0 amide bonds. The lowest BCUT2D eigenvalue weighted by atomic mass is 9.73. The highest BCUT2D eigenvalue weighted by Gasteiger charge is 2.64.